The molecule has 2 saturated heterocycles. The van der Waals surface area contributed by atoms with Gasteiger partial charge in [0.2, 0.25) is 5.91 Å². The molecule has 2 amide bonds. The molecule has 254 valence electrons. The molecule has 1 spiro atoms. The lowest BCUT2D eigenvalue weighted by Crippen LogP contribution is -2.42. The molecular weight excluding hydrogens is 618 g/mol. The number of hydroxylamine groups is 1. The summed E-state index contributed by atoms with van der Waals surface area (Å²) >= 11 is 0. The third-order valence-electron chi connectivity index (χ3n) is 11.2. The van der Waals surface area contributed by atoms with Crippen LogP contribution in [0.5, 0.6) is 0 Å². The first-order valence-corrected chi connectivity index (χ1v) is 18.8. The van der Waals surface area contributed by atoms with E-state index in [1.165, 1.54) is 44.6 Å². The molecule has 13 heteroatoms. The van der Waals surface area contributed by atoms with Crippen molar-refractivity contribution in [1.82, 2.24) is 20.2 Å². The number of rotatable bonds is 6. The number of pyridine rings is 2. The molecule has 2 aromatic heterocycles. The highest BCUT2D eigenvalue weighted by Crippen LogP contribution is 2.60. The quantitative estimate of drug-likeness (QED) is 0.300. The molecule has 5 aliphatic rings. The highest BCUT2D eigenvalue weighted by atomic mass is 32.2. The summed E-state index contributed by atoms with van der Waals surface area (Å²) < 4.78 is 28.8. The summed E-state index contributed by atoms with van der Waals surface area (Å²) in [5, 5.41) is 2.97. The number of sulfonamides is 1. The number of fused-ring (bicyclic) bond motifs is 6. The van der Waals surface area contributed by atoms with Gasteiger partial charge in [-0.2, -0.15) is 13.9 Å². The van der Waals surface area contributed by atoms with Crippen LogP contribution in [0.15, 0.2) is 35.4 Å². The minimum Gasteiger partial charge on any atom is -0.370 e. The Labute approximate surface area is 277 Å². The average Bonchev–Trinajstić information content (AvgIpc) is 3.61. The number of carbonyl (C=O) groups is 2. The Morgan fingerprint density at radius 1 is 1.02 bits per heavy atom. The van der Waals surface area contributed by atoms with Crippen LogP contribution in [0.25, 0.3) is 0 Å². The monoisotopic (exact) mass is 665 g/mol. The predicted molar refractivity (Wildman–Crippen MR) is 178 cm³/mol. The van der Waals surface area contributed by atoms with Crippen molar-refractivity contribution >= 4 is 39.3 Å². The zero-order valence-electron chi connectivity index (χ0n) is 27.5. The van der Waals surface area contributed by atoms with Crippen LogP contribution in [0, 0.1) is 17.3 Å². The van der Waals surface area contributed by atoms with Gasteiger partial charge in [0.15, 0.2) is 5.03 Å². The number of anilines is 3. The van der Waals surface area contributed by atoms with Gasteiger partial charge < -0.3 is 15.1 Å². The summed E-state index contributed by atoms with van der Waals surface area (Å²) in [7, 11) is -4.26. The number of aromatic nitrogens is 2. The van der Waals surface area contributed by atoms with Gasteiger partial charge in [0, 0.05) is 25.2 Å². The van der Waals surface area contributed by atoms with Crippen molar-refractivity contribution < 1.29 is 22.8 Å². The van der Waals surface area contributed by atoms with E-state index in [-0.39, 0.29) is 22.0 Å². The summed E-state index contributed by atoms with van der Waals surface area (Å²) in [4.78, 5) is 46.0. The highest BCUT2D eigenvalue weighted by Gasteiger charge is 2.49. The van der Waals surface area contributed by atoms with Crippen LogP contribution >= 0.6 is 0 Å². The Bertz CT molecular complexity index is 1630. The van der Waals surface area contributed by atoms with Gasteiger partial charge in [-0.25, -0.2) is 14.7 Å². The smallest absolute Gasteiger partial charge is 0.281 e. The van der Waals surface area contributed by atoms with Gasteiger partial charge in [0.25, 0.3) is 15.9 Å². The SMILES string of the molecule is CC1(C)CC2CCCNc3cccc(n3)S(=O)(=O)NC(=O)c3ccc(N4CCC(NOCCC5CCCCC56CC6)C4=O)nc3N1C2. The topological polar surface area (TPSA) is 146 Å². The number of nitrogens with one attached hydrogen (secondary N) is 3. The molecule has 2 aliphatic carbocycles. The molecule has 4 bridgehead atoms. The molecule has 3 N–H and O–H groups in total. The molecule has 2 saturated carbocycles. The van der Waals surface area contributed by atoms with E-state index in [1.807, 2.05) is 0 Å². The second kappa shape index (κ2) is 12.6. The zero-order chi connectivity index (χ0) is 32.8. The van der Waals surface area contributed by atoms with Crippen molar-refractivity contribution in [1.29, 1.82) is 0 Å². The van der Waals surface area contributed by atoms with Crippen molar-refractivity contribution in [2.24, 2.45) is 17.3 Å². The van der Waals surface area contributed by atoms with E-state index >= 15 is 0 Å². The number of amides is 2. The lowest BCUT2D eigenvalue weighted by molar-refractivity contribution is -0.122. The van der Waals surface area contributed by atoms with E-state index in [1.54, 1.807) is 29.2 Å². The van der Waals surface area contributed by atoms with Crippen molar-refractivity contribution in [3.63, 3.8) is 0 Å². The predicted octanol–water partition coefficient (Wildman–Crippen LogP) is 4.39. The van der Waals surface area contributed by atoms with Gasteiger partial charge >= 0.3 is 0 Å². The average molecular weight is 666 g/mol. The number of carbonyl (C=O) groups excluding carboxylic acids is 2. The minimum atomic E-state index is -4.26. The molecular formula is C34H47N7O5S. The van der Waals surface area contributed by atoms with Gasteiger partial charge in [-0.15, -0.1) is 0 Å². The zero-order valence-corrected chi connectivity index (χ0v) is 28.3. The van der Waals surface area contributed by atoms with Crippen molar-refractivity contribution in [2.75, 3.05) is 41.4 Å². The largest absolute Gasteiger partial charge is 0.370 e. The highest BCUT2D eigenvalue weighted by molar-refractivity contribution is 7.90. The summed E-state index contributed by atoms with van der Waals surface area (Å²) in [6, 6.07) is 7.41. The maximum absolute atomic E-state index is 13.7. The van der Waals surface area contributed by atoms with Crippen LogP contribution < -0.4 is 25.3 Å². The maximum Gasteiger partial charge on any atom is 0.281 e. The molecule has 4 fully saturated rings. The fourth-order valence-corrected chi connectivity index (χ4v) is 9.38. The molecule has 3 aliphatic heterocycles. The molecule has 0 aromatic carbocycles. The van der Waals surface area contributed by atoms with Crippen LogP contribution in [0.4, 0.5) is 17.5 Å². The van der Waals surface area contributed by atoms with Crippen molar-refractivity contribution in [3.05, 3.63) is 35.9 Å². The summed E-state index contributed by atoms with van der Waals surface area (Å²) in [6.07, 6.45) is 12.3. The van der Waals surface area contributed by atoms with E-state index in [0.717, 1.165) is 31.6 Å². The fourth-order valence-electron chi connectivity index (χ4n) is 8.45. The Kier molecular flexibility index (Phi) is 8.67. The van der Waals surface area contributed by atoms with Gasteiger partial charge in [-0.1, -0.05) is 18.9 Å². The first kappa shape index (κ1) is 32.3. The van der Waals surface area contributed by atoms with Crippen LogP contribution in [0.3, 0.4) is 0 Å². The van der Waals surface area contributed by atoms with Crippen LogP contribution in [0.1, 0.15) is 94.8 Å². The molecule has 47 heavy (non-hydrogen) atoms. The number of hydrogen-bond donors (Lipinski definition) is 3. The molecule has 3 unspecified atom stereocenters. The van der Waals surface area contributed by atoms with Crippen molar-refractivity contribution in [3.8, 4) is 0 Å². The van der Waals surface area contributed by atoms with E-state index in [0.29, 0.717) is 61.4 Å². The fraction of sp³-hybridized carbons (Fsp3) is 0.647. The third-order valence-corrected chi connectivity index (χ3v) is 12.4. The Morgan fingerprint density at radius 2 is 1.87 bits per heavy atom. The summed E-state index contributed by atoms with van der Waals surface area (Å²) in [6.45, 7) is 6.59. The van der Waals surface area contributed by atoms with Crippen LogP contribution in [-0.4, -0.2) is 68.0 Å². The second-order valence-electron chi connectivity index (χ2n) is 14.8. The minimum absolute atomic E-state index is 0.130. The van der Waals surface area contributed by atoms with E-state index in [2.05, 4.69) is 39.3 Å². The Hall–Kier alpha value is -3.29. The van der Waals surface area contributed by atoms with Crippen LogP contribution in [0.2, 0.25) is 0 Å². The third kappa shape index (κ3) is 6.58. The summed E-state index contributed by atoms with van der Waals surface area (Å²) in [5.41, 5.74) is 3.39. The molecule has 3 atom stereocenters. The van der Waals surface area contributed by atoms with Crippen molar-refractivity contribution in [2.45, 2.75) is 101 Å². The summed E-state index contributed by atoms with van der Waals surface area (Å²) in [5.74, 6) is 1.40. The molecule has 12 nitrogen and oxygen atoms in total. The Morgan fingerprint density at radius 3 is 2.70 bits per heavy atom. The second-order valence-corrected chi connectivity index (χ2v) is 16.4. The van der Waals surface area contributed by atoms with Gasteiger partial charge in [-0.3, -0.25) is 14.5 Å². The van der Waals surface area contributed by atoms with Gasteiger partial charge in [-0.05, 0) is 113 Å². The normalized spacial score (nSPS) is 27.8. The van der Waals surface area contributed by atoms with Gasteiger partial charge in [0.1, 0.15) is 23.5 Å². The molecule has 7 rings (SSSR count). The lowest BCUT2D eigenvalue weighted by atomic mass is 9.75. The molecule has 0 radical (unpaired) electrons. The van der Waals surface area contributed by atoms with E-state index in [4.69, 9.17) is 9.82 Å². The Balaban J connectivity index is 1.10. The molecule has 5 heterocycles. The molecule has 2 aromatic rings. The van der Waals surface area contributed by atoms with E-state index in [9.17, 15) is 18.0 Å². The first-order chi connectivity index (χ1) is 22.5. The van der Waals surface area contributed by atoms with Crippen LogP contribution in [-0.2, 0) is 19.7 Å². The lowest BCUT2D eigenvalue weighted by Gasteiger charge is -2.34. The standard InChI is InChI=1S/C34H47N7O5S/c1-33(2)21-23-7-6-18-35-27-9-5-10-29(36-27)47(44,45)39-31(42)25-11-12-28(37-30(25)41(33)22-23)40-19-13-26(32(40)43)38-46-20-14-24-8-3-4-15-34(24)16-17-34/h5,9-12,23-24,26,38H,3-4,6-8,13-22H2,1-2H3,(H,35,36)(H,39,42). The van der Waals surface area contributed by atoms with E-state index < -0.39 is 22.0 Å². The van der Waals surface area contributed by atoms with Gasteiger partial charge in [0.05, 0.1) is 12.2 Å². The first-order valence-electron chi connectivity index (χ1n) is 17.3. The number of nitrogens with zero attached hydrogens (tertiary/aromatic N) is 4. The maximum atomic E-state index is 13.7. The number of hydrogen-bond acceptors (Lipinski definition) is 10.